The molecule has 0 atom stereocenters. The van der Waals surface area contributed by atoms with Gasteiger partial charge < -0.3 is 4.90 Å². The molecule has 0 N–H and O–H groups in total. The van der Waals surface area contributed by atoms with E-state index in [1.807, 2.05) is 0 Å². The fraction of sp³-hybridized carbons (Fsp3) is 0.882. The Bertz CT molecular complexity index is 306. The number of hydrogen-bond acceptors (Lipinski definition) is 1. The van der Waals surface area contributed by atoms with Crippen LogP contribution in [0.2, 0.25) is 0 Å². The van der Waals surface area contributed by atoms with E-state index in [0.717, 1.165) is 17.9 Å². The lowest BCUT2D eigenvalue weighted by Gasteiger charge is -2.45. The third-order valence-corrected chi connectivity index (χ3v) is 4.72. The number of nitrogens with zero attached hydrogens (tertiary/aromatic N) is 1. The van der Waals surface area contributed by atoms with E-state index in [0.29, 0.717) is 11.8 Å². The molecule has 1 nitrogen and oxygen atoms in total. The second-order valence-electron chi connectivity index (χ2n) is 6.88. The summed E-state index contributed by atoms with van der Waals surface area (Å²) in [5.74, 6) is 9.83. The van der Waals surface area contributed by atoms with Gasteiger partial charge in [-0.15, -0.1) is 5.92 Å². The van der Waals surface area contributed by atoms with Crippen molar-refractivity contribution in [3.8, 4) is 11.8 Å². The maximum atomic E-state index is 3.44. The molecule has 2 fully saturated rings. The molecule has 0 aromatic carbocycles. The molecule has 0 radical (unpaired) electrons. The van der Waals surface area contributed by atoms with Crippen LogP contribution >= 0.6 is 0 Å². The van der Waals surface area contributed by atoms with Crippen molar-refractivity contribution in [3.05, 3.63) is 0 Å². The van der Waals surface area contributed by atoms with Crippen LogP contribution in [0.3, 0.4) is 0 Å². The zero-order valence-corrected chi connectivity index (χ0v) is 12.6. The Kier molecular flexibility index (Phi) is 4.73. The fourth-order valence-electron chi connectivity index (χ4n) is 3.24. The molecule has 0 aromatic rings. The Labute approximate surface area is 113 Å². The zero-order valence-electron chi connectivity index (χ0n) is 12.6. The minimum absolute atomic E-state index is 0.533. The van der Waals surface area contributed by atoms with Crippen molar-refractivity contribution in [2.24, 2.45) is 23.7 Å². The van der Waals surface area contributed by atoms with Crippen molar-refractivity contribution >= 4 is 0 Å². The second kappa shape index (κ2) is 6.11. The molecular formula is C17H29N. The summed E-state index contributed by atoms with van der Waals surface area (Å²) in [7, 11) is 0. The number of piperidine rings is 1. The summed E-state index contributed by atoms with van der Waals surface area (Å²) in [5.41, 5.74) is 0. The summed E-state index contributed by atoms with van der Waals surface area (Å²) in [5, 5.41) is 0. The first-order valence-corrected chi connectivity index (χ1v) is 7.81. The van der Waals surface area contributed by atoms with Gasteiger partial charge in [0.05, 0.1) is 0 Å². The number of hydrogen-bond donors (Lipinski definition) is 0. The third-order valence-electron chi connectivity index (χ3n) is 4.72. The Morgan fingerprint density at radius 2 is 1.61 bits per heavy atom. The lowest BCUT2D eigenvalue weighted by Crippen LogP contribution is -2.48. The van der Waals surface area contributed by atoms with Gasteiger partial charge in [0.2, 0.25) is 0 Å². The standard InChI is InChI=1S/C17H29N/c1-13(2)5-6-15-11-17(12-15)18-9-7-16(8-10-18)14(3)4/h13-17H,7-12H2,1-4H3. The molecule has 1 heterocycles. The van der Waals surface area contributed by atoms with Gasteiger partial charge in [0.15, 0.2) is 0 Å². The molecule has 1 heteroatoms. The minimum atomic E-state index is 0.533. The monoisotopic (exact) mass is 247 g/mol. The first-order valence-electron chi connectivity index (χ1n) is 7.81. The quantitative estimate of drug-likeness (QED) is 0.671. The van der Waals surface area contributed by atoms with Gasteiger partial charge in [0, 0.05) is 17.9 Å². The summed E-state index contributed by atoms with van der Waals surface area (Å²) in [4.78, 5) is 2.73. The smallest absolute Gasteiger partial charge is 0.0232 e. The van der Waals surface area contributed by atoms with E-state index in [1.165, 1.54) is 38.8 Å². The second-order valence-corrected chi connectivity index (χ2v) is 6.88. The Morgan fingerprint density at radius 1 is 1.00 bits per heavy atom. The highest BCUT2D eigenvalue weighted by Crippen LogP contribution is 2.35. The van der Waals surface area contributed by atoms with E-state index in [-0.39, 0.29) is 0 Å². The Morgan fingerprint density at radius 3 is 2.11 bits per heavy atom. The highest BCUT2D eigenvalue weighted by molar-refractivity contribution is 5.11. The fourth-order valence-corrected chi connectivity index (χ4v) is 3.24. The molecule has 18 heavy (non-hydrogen) atoms. The van der Waals surface area contributed by atoms with Crippen molar-refractivity contribution in [2.45, 2.75) is 59.4 Å². The van der Waals surface area contributed by atoms with E-state index in [4.69, 9.17) is 0 Å². The molecule has 1 saturated heterocycles. The molecule has 1 saturated carbocycles. The Hall–Kier alpha value is -0.480. The predicted octanol–water partition coefficient (Wildman–Crippen LogP) is 3.79. The SMILES string of the molecule is CC(C)C#CC1CC(N2CCC(C(C)C)CC2)C1. The average molecular weight is 247 g/mol. The van der Waals surface area contributed by atoms with Crippen LogP contribution in [0.15, 0.2) is 0 Å². The molecule has 2 rings (SSSR count). The predicted molar refractivity (Wildman–Crippen MR) is 78.3 cm³/mol. The normalized spacial score (nSPS) is 30.1. The van der Waals surface area contributed by atoms with Gasteiger partial charge in [-0.2, -0.15) is 0 Å². The molecule has 0 bridgehead atoms. The minimum Gasteiger partial charge on any atom is -0.300 e. The maximum absolute atomic E-state index is 3.44. The summed E-state index contributed by atoms with van der Waals surface area (Å²) < 4.78 is 0. The van der Waals surface area contributed by atoms with Gasteiger partial charge in [-0.25, -0.2) is 0 Å². The van der Waals surface area contributed by atoms with E-state index in [1.54, 1.807) is 0 Å². The third kappa shape index (κ3) is 3.51. The van der Waals surface area contributed by atoms with Crippen molar-refractivity contribution in [2.75, 3.05) is 13.1 Å². The number of rotatable bonds is 2. The molecule has 0 unspecified atom stereocenters. The summed E-state index contributed by atoms with van der Waals surface area (Å²) in [6, 6.07) is 0.851. The first-order chi connectivity index (χ1) is 8.56. The number of likely N-dealkylation sites (tertiary alicyclic amines) is 1. The summed E-state index contributed by atoms with van der Waals surface area (Å²) in [6.45, 7) is 11.8. The summed E-state index contributed by atoms with van der Waals surface area (Å²) in [6.07, 6.45) is 5.48. The molecule has 1 aliphatic heterocycles. The topological polar surface area (TPSA) is 3.24 Å². The van der Waals surface area contributed by atoms with Crippen LogP contribution in [0, 0.1) is 35.5 Å². The average Bonchev–Trinajstić information content (AvgIpc) is 2.27. The van der Waals surface area contributed by atoms with Crippen LogP contribution in [-0.4, -0.2) is 24.0 Å². The van der Waals surface area contributed by atoms with Crippen LogP contribution in [0.5, 0.6) is 0 Å². The largest absolute Gasteiger partial charge is 0.300 e. The van der Waals surface area contributed by atoms with Crippen molar-refractivity contribution in [3.63, 3.8) is 0 Å². The van der Waals surface area contributed by atoms with Gasteiger partial charge in [-0.05, 0) is 50.6 Å². The van der Waals surface area contributed by atoms with Gasteiger partial charge in [-0.1, -0.05) is 33.6 Å². The van der Waals surface area contributed by atoms with Crippen LogP contribution in [0.1, 0.15) is 53.4 Å². The lowest BCUT2D eigenvalue weighted by atomic mass is 9.77. The first kappa shape index (κ1) is 13.9. The van der Waals surface area contributed by atoms with E-state index in [9.17, 15) is 0 Å². The highest BCUT2D eigenvalue weighted by atomic mass is 15.2. The van der Waals surface area contributed by atoms with Gasteiger partial charge in [-0.3, -0.25) is 0 Å². The van der Waals surface area contributed by atoms with E-state index in [2.05, 4.69) is 44.4 Å². The van der Waals surface area contributed by atoms with Crippen molar-refractivity contribution in [1.29, 1.82) is 0 Å². The van der Waals surface area contributed by atoms with Crippen LogP contribution in [0.4, 0.5) is 0 Å². The van der Waals surface area contributed by atoms with Gasteiger partial charge in [0.1, 0.15) is 0 Å². The molecule has 0 aromatic heterocycles. The van der Waals surface area contributed by atoms with Crippen molar-refractivity contribution in [1.82, 2.24) is 4.90 Å². The molecule has 2 aliphatic rings. The molecular weight excluding hydrogens is 218 g/mol. The molecule has 0 spiro atoms. The molecule has 1 aliphatic carbocycles. The zero-order chi connectivity index (χ0) is 13.1. The van der Waals surface area contributed by atoms with E-state index < -0.39 is 0 Å². The van der Waals surface area contributed by atoms with Gasteiger partial charge in [0.25, 0.3) is 0 Å². The van der Waals surface area contributed by atoms with Crippen molar-refractivity contribution < 1.29 is 0 Å². The van der Waals surface area contributed by atoms with Crippen LogP contribution < -0.4 is 0 Å². The molecule has 102 valence electrons. The Balaban J connectivity index is 1.70. The summed E-state index contributed by atoms with van der Waals surface area (Å²) >= 11 is 0. The van der Waals surface area contributed by atoms with Crippen LogP contribution in [-0.2, 0) is 0 Å². The van der Waals surface area contributed by atoms with Crippen LogP contribution in [0.25, 0.3) is 0 Å². The molecule has 0 amide bonds. The maximum Gasteiger partial charge on any atom is 0.0232 e. The van der Waals surface area contributed by atoms with Gasteiger partial charge >= 0.3 is 0 Å². The highest BCUT2D eigenvalue weighted by Gasteiger charge is 2.34. The van der Waals surface area contributed by atoms with E-state index >= 15 is 0 Å². The lowest BCUT2D eigenvalue weighted by molar-refractivity contribution is 0.0567.